The average molecular weight is 181 g/mol. The summed E-state index contributed by atoms with van der Waals surface area (Å²) in [7, 11) is 0. The SMILES string of the molecule is Cc1nc(CC(=O)NC#N)cs1. The molecule has 0 aromatic carbocycles. The van der Waals surface area contributed by atoms with Crippen molar-refractivity contribution in [1.29, 1.82) is 5.26 Å². The van der Waals surface area contributed by atoms with Crippen LogP contribution < -0.4 is 5.32 Å². The first-order chi connectivity index (χ1) is 5.72. The number of nitriles is 1. The highest BCUT2D eigenvalue weighted by Gasteiger charge is 2.04. The molecule has 0 aliphatic heterocycles. The Morgan fingerprint density at radius 1 is 1.92 bits per heavy atom. The summed E-state index contributed by atoms with van der Waals surface area (Å²) >= 11 is 1.49. The third-order valence-electron chi connectivity index (χ3n) is 1.20. The van der Waals surface area contributed by atoms with Crippen molar-refractivity contribution in [2.24, 2.45) is 0 Å². The molecular weight excluding hydrogens is 174 g/mol. The summed E-state index contributed by atoms with van der Waals surface area (Å²) in [5.41, 5.74) is 0.713. The van der Waals surface area contributed by atoms with Gasteiger partial charge in [-0.25, -0.2) is 4.98 Å². The second kappa shape index (κ2) is 3.83. The zero-order chi connectivity index (χ0) is 8.97. The largest absolute Gasteiger partial charge is 0.274 e. The number of nitrogens with zero attached hydrogens (tertiary/aromatic N) is 2. The Hall–Kier alpha value is -1.41. The van der Waals surface area contributed by atoms with E-state index in [1.807, 2.05) is 17.6 Å². The number of rotatable bonds is 2. The molecule has 0 aliphatic carbocycles. The van der Waals surface area contributed by atoms with E-state index in [9.17, 15) is 4.79 Å². The van der Waals surface area contributed by atoms with Gasteiger partial charge in [0, 0.05) is 5.38 Å². The van der Waals surface area contributed by atoms with Crippen LogP contribution in [0.1, 0.15) is 10.7 Å². The normalized spacial score (nSPS) is 9.00. The number of hydrogen-bond donors (Lipinski definition) is 1. The summed E-state index contributed by atoms with van der Waals surface area (Å²) in [4.78, 5) is 14.9. The number of carbonyl (C=O) groups is 1. The highest BCUT2D eigenvalue weighted by atomic mass is 32.1. The monoisotopic (exact) mass is 181 g/mol. The Bertz CT molecular complexity index is 326. The molecule has 0 atom stereocenters. The van der Waals surface area contributed by atoms with Gasteiger partial charge >= 0.3 is 0 Å². The molecule has 0 bridgehead atoms. The van der Waals surface area contributed by atoms with Gasteiger partial charge in [0.15, 0.2) is 6.19 Å². The lowest BCUT2D eigenvalue weighted by atomic mass is 10.3. The standard InChI is InChI=1S/C7H7N3OS/c1-5-10-6(3-12-5)2-7(11)9-4-8/h3H,2H2,1H3,(H,9,11). The smallest absolute Gasteiger partial charge is 0.239 e. The van der Waals surface area contributed by atoms with Crippen molar-refractivity contribution < 1.29 is 4.79 Å². The molecule has 1 rings (SSSR count). The van der Waals surface area contributed by atoms with Crippen molar-refractivity contribution in [1.82, 2.24) is 10.3 Å². The molecule has 1 aromatic heterocycles. The molecule has 1 aromatic rings. The van der Waals surface area contributed by atoms with Gasteiger partial charge in [0.1, 0.15) is 0 Å². The summed E-state index contributed by atoms with van der Waals surface area (Å²) in [5, 5.41) is 12.9. The van der Waals surface area contributed by atoms with Gasteiger partial charge in [0.2, 0.25) is 5.91 Å². The number of amides is 1. The number of thiazole rings is 1. The van der Waals surface area contributed by atoms with Gasteiger partial charge in [0.25, 0.3) is 0 Å². The maximum absolute atomic E-state index is 10.9. The molecule has 4 nitrogen and oxygen atoms in total. The fourth-order valence-electron chi connectivity index (χ4n) is 0.760. The van der Waals surface area contributed by atoms with Crippen LogP contribution >= 0.6 is 11.3 Å². The van der Waals surface area contributed by atoms with Gasteiger partial charge < -0.3 is 0 Å². The Labute approximate surface area is 73.9 Å². The van der Waals surface area contributed by atoms with Crippen LogP contribution in [-0.2, 0) is 11.2 Å². The topological polar surface area (TPSA) is 65.8 Å². The van der Waals surface area contributed by atoms with E-state index in [-0.39, 0.29) is 12.3 Å². The molecule has 0 unspecified atom stereocenters. The lowest BCUT2D eigenvalue weighted by Crippen LogP contribution is -2.19. The Morgan fingerprint density at radius 2 is 2.67 bits per heavy atom. The second-order valence-corrected chi connectivity index (χ2v) is 3.26. The highest BCUT2D eigenvalue weighted by Crippen LogP contribution is 2.07. The van der Waals surface area contributed by atoms with Crippen LogP contribution in [0.25, 0.3) is 0 Å². The van der Waals surface area contributed by atoms with Gasteiger partial charge in [-0.15, -0.1) is 11.3 Å². The molecule has 12 heavy (non-hydrogen) atoms. The Kier molecular flexibility index (Phi) is 2.77. The lowest BCUT2D eigenvalue weighted by molar-refractivity contribution is -0.119. The molecule has 0 fully saturated rings. The second-order valence-electron chi connectivity index (χ2n) is 2.19. The molecular formula is C7H7N3OS. The van der Waals surface area contributed by atoms with Crippen molar-refractivity contribution in [3.05, 3.63) is 16.1 Å². The summed E-state index contributed by atoms with van der Waals surface area (Å²) in [5.74, 6) is -0.317. The minimum atomic E-state index is -0.317. The first kappa shape index (κ1) is 8.68. The van der Waals surface area contributed by atoms with Crippen molar-refractivity contribution in [3.8, 4) is 6.19 Å². The summed E-state index contributed by atoms with van der Waals surface area (Å²) in [6.45, 7) is 1.87. The van der Waals surface area contributed by atoms with E-state index < -0.39 is 0 Å². The van der Waals surface area contributed by atoms with Crippen molar-refractivity contribution >= 4 is 17.2 Å². The van der Waals surface area contributed by atoms with Crippen LogP contribution in [0.2, 0.25) is 0 Å². The fourth-order valence-corrected chi connectivity index (χ4v) is 1.37. The van der Waals surface area contributed by atoms with Gasteiger partial charge in [-0.05, 0) is 6.92 Å². The van der Waals surface area contributed by atoms with Crippen LogP contribution in [0.5, 0.6) is 0 Å². The summed E-state index contributed by atoms with van der Waals surface area (Å²) in [6.07, 6.45) is 1.75. The highest BCUT2D eigenvalue weighted by molar-refractivity contribution is 7.09. The minimum Gasteiger partial charge on any atom is -0.274 e. The lowest BCUT2D eigenvalue weighted by Gasteiger charge is -1.91. The summed E-state index contributed by atoms with van der Waals surface area (Å²) in [6, 6.07) is 0. The van der Waals surface area contributed by atoms with Crippen LogP contribution in [-0.4, -0.2) is 10.9 Å². The quantitative estimate of drug-likeness (QED) is 0.536. The Balaban J connectivity index is 2.53. The van der Waals surface area contributed by atoms with E-state index in [0.29, 0.717) is 5.69 Å². The maximum atomic E-state index is 10.9. The molecule has 62 valence electrons. The van der Waals surface area contributed by atoms with Gasteiger partial charge in [-0.3, -0.25) is 10.1 Å². The van der Waals surface area contributed by atoms with Crippen LogP contribution in [0, 0.1) is 18.4 Å². The molecule has 1 N–H and O–H groups in total. The van der Waals surface area contributed by atoms with Crippen LogP contribution in [0.3, 0.4) is 0 Å². The average Bonchev–Trinajstić information content (AvgIpc) is 2.36. The molecule has 1 heterocycles. The minimum absolute atomic E-state index is 0.178. The third kappa shape index (κ3) is 2.32. The molecule has 0 saturated carbocycles. The Morgan fingerprint density at radius 3 is 3.17 bits per heavy atom. The fraction of sp³-hybridized carbons (Fsp3) is 0.286. The number of nitrogens with one attached hydrogen (secondary N) is 1. The predicted octanol–water partition coefficient (Wildman–Crippen LogP) is 0.591. The number of carbonyl (C=O) groups excluding carboxylic acids is 1. The third-order valence-corrected chi connectivity index (χ3v) is 2.03. The van der Waals surface area contributed by atoms with E-state index in [0.717, 1.165) is 5.01 Å². The van der Waals surface area contributed by atoms with E-state index in [1.165, 1.54) is 11.3 Å². The van der Waals surface area contributed by atoms with Crippen LogP contribution in [0.15, 0.2) is 5.38 Å². The first-order valence-electron chi connectivity index (χ1n) is 3.31. The zero-order valence-corrected chi connectivity index (χ0v) is 7.31. The number of aromatic nitrogens is 1. The van der Waals surface area contributed by atoms with E-state index in [2.05, 4.69) is 4.98 Å². The number of aryl methyl sites for hydroxylation is 1. The summed E-state index contributed by atoms with van der Waals surface area (Å²) < 4.78 is 0. The molecule has 1 amide bonds. The van der Waals surface area contributed by atoms with Crippen molar-refractivity contribution in [2.45, 2.75) is 13.3 Å². The van der Waals surface area contributed by atoms with Gasteiger partial charge in [-0.2, -0.15) is 5.26 Å². The molecule has 0 saturated heterocycles. The zero-order valence-electron chi connectivity index (χ0n) is 6.50. The van der Waals surface area contributed by atoms with E-state index in [1.54, 1.807) is 6.19 Å². The molecule has 0 spiro atoms. The first-order valence-corrected chi connectivity index (χ1v) is 4.19. The van der Waals surface area contributed by atoms with E-state index >= 15 is 0 Å². The van der Waals surface area contributed by atoms with Crippen molar-refractivity contribution in [2.75, 3.05) is 0 Å². The van der Waals surface area contributed by atoms with Gasteiger partial charge in [-0.1, -0.05) is 0 Å². The number of hydrogen-bond acceptors (Lipinski definition) is 4. The van der Waals surface area contributed by atoms with Crippen LogP contribution in [0.4, 0.5) is 0 Å². The van der Waals surface area contributed by atoms with Crippen molar-refractivity contribution in [3.63, 3.8) is 0 Å². The van der Waals surface area contributed by atoms with Gasteiger partial charge in [0.05, 0.1) is 17.1 Å². The molecule has 0 radical (unpaired) electrons. The predicted molar refractivity (Wildman–Crippen MR) is 44.3 cm³/mol. The molecule has 0 aliphatic rings. The van der Waals surface area contributed by atoms with E-state index in [4.69, 9.17) is 5.26 Å². The maximum Gasteiger partial charge on any atom is 0.239 e. The molecule has 5 heteroatoms.